The van der Waals surface area contributed by atoms with Crippen LogP contribution in [0.3, 0.4) is 0 Å². The Balaban J connectivity index is 2.97. The quantitative estimate of drug-likeness (QED) is 0.781. The van der Waals surface area contributed by atoms with Crippen molar-refractivity contribution in [2.45, 2.75) is 11.3 Å². The monoisotopic (exact) mass is 270 g/mol. The lowest BCUT2D eigenvalue weighted by Crippen LogP contribution is -2.31. The second-order valence-electron chi connectivity index (χ2n) is 2.99. The molecule has 0 saturated heterocycles. The summed E-state index contributed by atoms with van der Waals surface area (Å²) < 4.78 is 48.1. The summed E-state index contributed by atoms with van der Waals surface area (Å²) in [6.45, 7) is -0.856. The summed E-state index contributed by atoms with van der Waals surface area (Å²) in [5, 5.41) is 0.135. The first-order valence-corrected chi connectivity index (χ1v) is 6.02. The minimum absolute atomic E-state index is 0.135. The molecule has 0 fully saturated rings. The van der Waals surface area contributed by atoms with Gasteiger partial charge in [-0.15, -0.1) is 0 Å². The minimum Gasteiger partial charge on any atom is -0.243 e. The van der Waals surface area contributed by atoms with E-state index in [4.69, 9.17) is 11.6 Å². The fraction of sp³-hybridized carbons (Fsp3) is 0.375. The van der Waals surface area contributed by atoms with Crippen LogP contribution in [0.5, 0.6) is 0 Å². The molecule has 0 unspecified atom stereocenters. The third-order valence-electron chi connectivity index (χ3n) is 1.80. The number of halogens is 3. The van der Waals surface area contributed by atoms with Crippen LogP contribution in [0.15, 0.2) is 23.2 Å². The van der Waals surface area contributed by atoms with Crippen molar-refractivity contribution < 1.29 is 17.2 Å². The highest BCUT2D eigenvalue weighted by Gasteiger charge is 2.23. The van der Waals surface area contributed by atoms with Crippen LogP contribution in [-0.4, -0.2) is 37.7 Å². The van der Waals surface area contributed by atoms with E-state index in [0.29, 0.717) is 4.31 Å². The van der Waals surface area contributed by atoms with E-state index >= 15 is 0 Å². The van der Waals surface area contributed by atoms with Crippen LogP contribution in [0, 0.1) is 0 Å². The highest BCUT2D eigenvalue weighted by atomic mass is 35.5. The molecule has 4 nitrogen and oxygen atoms in total. The molecule has 0 aliphatic rings. The summed E-state index contributed by atoms with van der Waals surface area (Å²) in [6.07, 6.45) is -1.69. The molecule has 1 heterocycles. The van der Waals surface area contributed by atoms with E-state index in [9.17, 15) is 17.2 Å². The molecule has 0 atom stereocenters. The molecule has 0 radical (unpaired) electrons. The number of nitrogens with zero attached hydrogens (tertiary/aromatic N) is 2. The standard InChI is InChI=1S/C8H9ClF2N2O2S/c1-13(5-8(10)11)16(14,15)6-2-3-7(9)12-4-6/h2-4,8H,5H2,1H3. The topological polar surface area (TPSA) is 50.3 Å². The lowest BCUT2D eigenvalue weighted by molar-refractivity contribution is 0.126. The van der Waals surface area contributed by atoms with E-state index in [2.05, 4.69) is 4.98 Å². The Morgan fingerprint density at radius 2 is 2.12 bits per heavy atom. The summed E-state index contributed by atoms with van der Waals surface area (Å²) in [4.78, 5) is 3.41. The third kappa shape index (κ3) is 3.10. The van der Waals surface area contributed by atoms with Crippen molar-refractivity contribution in [2.75, 3.05) is 13.6 Å². The maximum Gasteiger partial charge on any atom is 0.252 e. The molecule has 0 aromatic carbocycles. The molecule has 0 spiro atoms. The molecular weight excluding hydrogens is 262 g/mol. The summed E-state index contributed by atoms with van der Waals surface area (Å²) in [7, 11) is -2.84. The predicted molar refractivity (Wildman–Crippen MR) is 55.1 cm³/mol. The van der Waals surface area contributed by atoms with E-state index < -0.39 is 23.0 Å². The van der Waals surface area contributed by atoms with Gasteiger partial charge < -0.3 is 0 Å². The van der Waals surface area contributed by atoms with Crippen LogP contribution >= 0.6 is 11.6 Å². The molecular formula is C8H9ClF2N2O2S. The normalized spacial score (nSPS) is 12.4. The molecule has 0 aliphatic carbocycles. The second-order valence-corrected chi connectivity index (χ2v) is 5.43. The molecule has 0 bridgehead atoms. The summed E-state index contributed by atoms with van der Waals surface area (Å²) in [5.41, 5.74) is 0. The highest BCUT2D eigenvalue weighted by Crippen LogP contribution is 2.15. The second kappa shape index (κ2) is 5.03. The Hall–Kier alpha value is -0.790. The molecule has 1 aromatic rings. The van der Waals surface area contributed by atoms with Crippen molar-refractivity contribution >= 4 is 21.6 Å². The number of rotatable bonds is 4. The Morgan fingerprint density at radius 1 is 1.50 bits per heavy atom. The van der Waals surface area contributed by atoms with Gasteiger partial charge in [0.05, 0.1) is 6.54 Å². The molecule has 0 N–H and O–H groups in total. The number of aromatic nitrogens is 1. The van der Waals surface area contributed by atoms with Crippen molar-refractivity contribution in [3.05, 3.63) is 23.5 Å². The van der Waals surface area contributed by atoms with E-state index in [0.717, 1.165) is 13.2 Å². The smallest absolute Gasteiger partial charge is 0.243 e. The third-order valence-corrected chi connectivity index (χ3v) is 3.83. The Kier molecular flexibility index (Phi) is 4.17. The van der Waals surface area contributed by atoms with Gasteiger partial charge in [-0.1, -0.05) is 11.6 Å². The molecule has 0 aliphatic heterocycles. The van der Waals surface area contributed by atoms with Gasteiger partial charge in [0.1, 0.15) is 10.0 Å². The maximum absolute atomic E-state index is 12.1. The fourth-order valence-corrected chi connectivity index (χ4v) is 2.19. The van der Waals surface area contributed by atoms with Gasteiger partial charge in [-0.3, -0.25) is 0 Å². The number of hydrogen-bond donors (Lipinski definition) is 0. The van der Waals surface area contributed by atoms with Gasteiger partial charge >= 0.3 is 0 Å². The Bertz CT molecular complexity index is 450. The van der Waals surface area contributed by atoms with Crippen LogP contribution in [0.1, 0.15) is 0 Å². The number of pyridine rings is 1. The summed E-state index contributed by atoms with van der Waals surface area (Å²) in [6, 6.07) is 2.50. The number of hydrogen-bond acceptors (Lipinski definition) is 3. The first-order valence-electron chi connectivity index (χ1n) is 4.20. The van der Waals surface area contributed by atoms with Crippen molar-refractivity contribution in [1.82, 2.24) is 9.29 Å². The zero-order valence-corrected chi connectivity index (χ0v) is 9.84. The van der Waals surface area contributed by atoms with E-state index in [1.165, 1.54) is 12.1 Å². The Morgan fingerprint density at radius 3 is 2.56 bits per heavy atom. The van der Waals surface area contributed by atoms with Crippen molar-refractivity contribution in [1.29, 1.82) is 0 Å². The Labute approximate surface area is 96.9 Å². The molecule has 16 heavy (non-hydrogen) atoms. The number of sulfonamides is 1. The SMILES string of the molecule is CN(CC(F)F)S(=O)(=O)c1ccc(Cl)nc1. The summed E-state index contributed by atoms with van der Waals surface area (Å²) >= 11 is 5.49. The van der Waals surface area contributed by atoms with Crippen molar-refractivity contribution in [3.8, 4) is 0 Å². The average Bonchev–Trinajstić information content (AvgIpc) is 2.17. The first kappa shape index (κ1) is 13.3. The summed E-state index contributed by atoms with van der Waals surface area (Å²) in [5.74, 6) is 0. The first-order chi connectivity index (χ1) is 7.34. The fourth-order valence-electron chi connectivity index (χ4n) is 0.987. The van der Waals surface area contributed by atoms with Gasteiger partial charge in [0, 0.05) is 13.2 Å². The van der Waals surface area contributed by atoms with Gasteiger partial charge in [0.25, 0.3) is 6.43 Å². The lowest BCUT2D eigenvalue weighted by atomic mass is 10.5. The lowest BCUT2D eigenvalue weighted by Gasteiger charge is -2.16. The molecule has 90 valence electrons. The zero-order chi connectivity index (χ0) is 12.3. The van der Waals surface area contributed by atoms with Gasteiger partial charge in [0.15, 0.2) is 0 Å². The van der Waals surface area contributed by atoms with Gasteiger partial charge in [-0.2, -0.15) is 4.31 Å². The van der Waals surface area contributed by atoms with Crippen molar-refractivity contribution in [2.24, 2.45) is 0 Å². The molecule has 0 saturated carbocycles. The van der Waals surface area contributed by atoms with Crippen LogP contribution < -0.4 is 0 Å². The zero-order valence-electron chi connectivity index (χ0n) is 8.27. The average molecular weight is 271 g/mol. The van der Waals surface area contributed by atoms with E-state index in [-0.39, 0.29) is 10.0 Å². The maximum atomic E-state index is 12.1. The minimum atomic E-state index is -3.92. The van der Waals surface area contributed by atoms with Gasteiger partial charge in [-0.25, -0.2) is 22.2 Å². The van der Waals surface area contributed by atoms with Gasteiger partial charge in [0.2, 0.25) is 10.0 Å². The highest BCUT2D eigenvalue weighted by molar-refractivity contribution is 7.89. The van der Waals surface area contributed by atoms with Crippen molar-refractivity contribution in [3.63, 3.8) is 0 Å². The molecule has 1 rings (SSSR count). The van der Waals surface area contributed by atoms with Crippen LogP contribution in [0.4, 0.5) is 8.78 Å². The van der Waals surface area contributed by atoms with E-state index in [1.807, 2.05) is 0 Å². The molecule has 0 amide bonds. The van der Waals surface area contributed by atoms with E-state index in [1.54, 1.807) is 0 Å². The van der Waals surface area contributed by atoms with Crippen LogP contribution in [0.2, 0.25) is 5.15 Å². The predicted octanol–water partition coefficient (Wildman–Crippen LogP) is 1.62. The van der Waals surface area contributed by atoms with Gasteiger partial charge in [-0.05, 0) is 12.1 Å². The molecule has 1 aromatic heterocycles. The molecule has 8 heteroatoms. The van der Waals surface area contributed by atoms with Crippen LogP contribution in [-0.2, 0) is 10.0 Å². The largest absolute Gasteiger partial charge is 0.252 e. The van der Waals surface area contributed by atoms with Crippen LogP contribution in [0.25, 0.3) is 0 Å². The number of alkyl halides is 2.